The van der Waals surface area contributed by atoms with Gasteiger partial charge in [-0.25, -0.2) is 4.98 Å². The van der Waals surface area contributed by atoms with Crippen molar-refractivity contribution in [1.82, 2.24) is 9.55 Å². The smallest absolute Gasteiger partial charge is 0.123 e. The van der Waals surface area contributed by atoms with Crippen molar-refractivity contribution >= 4 is 0 Å². The summed E-state index contributed by atoms with van der Waals surface area (Å²) in [5.41, 5.74) is 2.27. The zero-order chi connectivity index (χ0) is 10.1. The molecule has 3 nitrogen and oxygen atoms in total. The van der Waals surface area contributed by atoms with E-state index in [0.717, 1.165) is 23.8 Å². The fourth-order valence-corrected chi connectivity index (χ4v) is 1.44. The SMILES string of the molecule is Cc1ccc(Cn2cnc(C)c2C)o1. The van der Waals surface area contributed by atoms with E-state index in [1.807, 2.05) is 32.3 Å². The van der Waals surface area contributed by atoms with E-state index in [9.17, 15) is 0 Å². The monoisotopic (exact) mass is 190 g/mol. The molecule has 0 aromatic carbocycles. The number of hydrogen-bond donors (Lipinski definition) is 0. The number of furan rings is 1. The van der Waals surface area contributed by atoms with Gasteiger partial charge in [-0.05, 0) is 32.9 Å². The third kappa shape index (κ3) is 1.58. The lowest BCUT2D eigenvalue weighted by Gasteiger charge is -2.01. The molecule has 2 rings (SSSR count). The third-order valence-corrected chi connectivity index (χ3v) is 2.47. The first kappa shape index (κ1) is 9.06. The molecule has 2 aromatic heterocycles. The van der Waals surface area contributed by atoms with Gasteiger partial charge in [-0.1, -0.05) is 0 Å². The maximum absolute atomic E-state index is 5.50. The number of rotatable bonds is 2. The lowest BCUT2D eigenvalue weighted by molar-refractivity contribution is 0.468. The van der Waals surface area contributed by atoms with Crippen molar-refractivity contribution in [1.29, 1.82) is 0 Å². The summed E-state index contributed by atoms with van der Waals surface area (Å²) in [7, 11) is 0. The molecule has 0 unspecified atom stereocenters. The number of nitrogens with zero attached hydrogens (tertiary/aromatic N) is 2. The van der Waals surface area contributed by atoms with Crippen LogP contribution in [0.5, 0.6) is 0 Å². The molecule has 0 saturated heterocycles. The molecule has 0 N–H and O–H groups in total. The second kappa shape index (κ2) is 3.33. The van der Waals surface area contributed by atoms with Gasteiger partial charge in [-0.15, -0.1) is 0 Å². The van der Waals surface area contributed by atoms with Crippen LogP contribution in [0.2, 0.25) is 0 Å². The van der Waals surface area contributed by atoms with Gasteiger partial charge in [0.25, 0.3) is 0 Å². The number of hydrogen-bond acceptors (Lipinski definition) is 2. The van der Waals surface area contributed by atoms with Crippen LogP contribution in [0.4, 0.5) is 0 Å². The summed E-state index contributed by atoms with van der Waals surface area (Å²) in [6, 6.07) is 3.98. The van der Waals surface area contributed by atoms with Crippen LogP contribution in [-0.2, 0) is 6.54 Å². The van der Waals surface area contributed by atoms with Gasteiger partial charge in [-0.2, -0.15) is 0 Å². The molecular formula is C11H14N2O. The number of aryl methyl sites for hydroxylation is 2. The topological polar surface area (TPSA) is 31.0 Å². The molecule has 0 aliphatic rings. The van der Waals surface area contributed by atoms with E-state index in [4.69, 9.17) is 4.42 Å². The quantitative estimate of drug-likeness (QED) is 0.728. The summed E-state index contributed by atoms with van der Waals surface area (Å²) >= 11 is 0. The highest BCUT2D eigenvalue weighted by atomic mass is 16.3. The van der Waals surface area contributed by atoms with Crippen molar-refractivity contribution in [3.8, 4) is 0 Å². The Labute approximate surface area is 83.4 Å². The Morgan fingerprint density at radius 2 is 2.07 bits per heavy atom. The molecule has 2 aromatic rings. The summed E-state index contributed by atoms with van der Waals surface area (Å²) in [4.78, 5) is 4.24. The fraction of sp³-hybridized carbons (Fsp3) is 0.364. The summed E-state index contributed by atoms with van der Waals surface area (Å²) in [5, 5.41) is 0. The van der Waals surface area contributed by atoms with E-state index in [2.05, 4.69) is 16.5 Å². The average Bonchev–Trinajstić information content (AvgIpc) is 2.67. The average molecular weight is 190 g/mol. The molecule has 3 heteroatoms. The van der Waals surface area contributed by atoms with Gasteiger partial charge in [0.05, 0.1) is 18.6 Å². The van der Waals surface area contributed by atoms with Crippen molar-refractivity contribution in [3.05, 3.63) is 41.4 Å². The van der Waals surface area contributed by atoms with Gasteiger partial charge in [0.15, 0.2) is 0 Å². The Hall–Kier alpha value is -1.51. The van der Waals surface area contributed by atoms with Gasteiger partial charge >= 0.3 is 0 Å². The second-order valence-electron chi connectivity index (χ2n) is 3.56. The van der Waals surface area contributed by atoms with E-state index in [1.165, 1.54) is 5.69 Å². The molecule has 0 amide bonds. The Bertz CT molecular complexity index is 440. The first-order valence-electron chi connectivity index (χ1n) is 4.70. The van der Waals surface area contributed by atoms with Crippen molar-refractivity contribution in [2.24, 2.45) is 0 Å². The maximum Gasteiger partial charge on any atom is 0.123 e. The summed E-state index contributed by atoms with van der Waals surface area (Å²) in [6.45, 7) is 6.80. The molecule has 2 heterocycles. The number of aromatic nitrogens is 2. The molecule has 14 heavy (non-hydrogen) atoms. The first-order valence-corrected chi connectivity index (χ1v) is 4.70. The van der Waals surface area contributed by atoms with Crippen molar-refractivity contribution in [3.63, 3.8) is 0 Å². The third-order valence-electron chi connectivity index (χ3n) is 2.47. The molecule has 0 bridgehead atoms. The van der Waals surface area contributed by atoms with E-state index in [-0.39, 0.29) is 0 Å². The van der Waals surface area contributed by atoms with Crippen LogP contribution in [0, 0.1) is 20.8 Å². The van der Waals surface area contributed by atoms with E-state index in [0.29, 0.717) is 0 Å². The highest BCUT2D eigenvalue weighted by Gasteiger charge is 2.04. The van der Waals surface area contributed by atoms with Gasteiger partial charge < -0.3 is 8.98 Å². The molecule has 74 valence electrons. The van der Waals surface area contributed by atoms with Crippen LogP contribution in [0.1, 0.15) is 22.9 Å². The second-order valence-corrected chi connectivity index (χ2v) is 3.56. The first-order chi connectivity index (χ1) is 6.66. The van der Waals surface area contributed by atoms with E-state index >= 15 is 0 Å². The highest BCUT2D eigenvalue weighted by Crippen LogP contribution is 2.11. The number of imidazole rings is 1. The summed E-state index contributed by atoms with van der Waals surface area (Å²) in [5.74, 6) is 1.93. The lowest BCUT2D eigenvalue weighted by Crippen LogP contribution is -1.99. The van der Waals surface area contributed by atoms with Crippen molar-refractivity contribution in [2.75, 3.05) is 0 Å². The molecule has 0 saturated carbocycles. The van der Waals surface area contributed by atoms with Gasteiger partial charge in [0.2, 0.25) is 0 Å². The Morgan fingerprint density at radius 3 is 2.57 bits per heavy atom. The standard InChI is InChI=1S/C11H14N2O/c1-8-4-5-11(14-8)6-13-7-12-9(2)10(13)3/h4-5,7H,6H2,1-3H3. The summed E-state index contributed by atoms with van der Waals surface area (Å²) in [6.07, 6.45) is 1.85. The Balaban J connectivity index is 2.22. The molecule has 0 spiro atoms. The maximum atomic E-state index is 5.50. The van der Waals surface area contributed by atoms with Gasteiger partial charge in [-0.3, -0.25) is 0 Å². The van der Waals surface area contributed by atoms with Crippen LogP contribution in [0.25, 0.3) is 0 Å². The van der Waals surface area contributed by atoms with Crippen LogP contribution in [-0.4, -0.2) is 9.55 Å². The predicted molar refractivity (Wildman–Crippen MR) is 54.2 cm³/mol. The minimum atomic E-state index is 0.764. The zero-order valence-corrected chi connectivity index (χ0v) is 8.74. The largest absolute Gasteiger partial charge is 0.464 e. The molecular weight excluding hydrogens is 176 g/mol. The molecule has 0 radical (unpaired) electrons. The molecule has 0 aliphatic carbocycles. The van der Waals surface area contributed by atoms with E-state index < -0.39 is 0 Å². The Morgan fingerprint density at radius 1 is 1.29 bits per heavy atom. The van der Waals surface area contributed by atoms with Crippen LogP contribution >= 0.6 is 0 Å². The summed E-state index contributed by atoms with van der Waals surface area (Å²) < 4.78 is 7.59. The zero-order valence-electron chi connectivity index (χ0n) is 8.74. The fourth-order valence-electron chi connectivity index (χ4n) is 1.44. The van der Waals surface area contributed by atoms with E-state index in [1.54, 1.807) is 0 Å². The molecule has 0 aliphatic heterocycles. The lowest BCUT2D eigenvalue weighted by atomic mass is 10.3. The highest BCUT2D eigenvalue weighted by molar-refractivity contribution is 5.12. The minimum absolute atomic E-state index is 0.764. The minimum Gasteiger partial charge on any atom is -0.464 e. The van der Waals surface area contributed by atoms with Crippen LogP contribution in [0.15, 0.2) is 22.9 Å². The van der Waals surface area contributed by atoms with Crippen LogP contribution in [0.3, 0.4) is 0 Å². The van der Waals surface area contributed by atoms with Crippen LogP contribution < -0.4 is 0 Å². The normalized spacial score (nSPS) is 10.8. The van der Waals surface area contributed by atoms with Crippen molar-refractivity contribution < 1.29 is 4.42 Å². The Kier molecular flexibility index (Phi) is 2.15. The van der Waals surface area contributed by atoms with Gasteiger partial charge in [0.1, 0.15) is 11.5 Å². The molecule has 0 fully saturated rings. The van der Waals surface area contributed by atoms with Gasteiger partial charge in [0, 0.05) is 5.69 Å². The molecule has 0 atom stereocenters. The predicted octanol–water partition coefficient (Wildman–Crippen LogP) is 2.45. The van der Waals surface area contributed by atoms with Crippen molar-refractivity contribution in [2.45, 2.75) is 27.3 Å².